The summed E-state index contributed by atoms with van der Waals surface area (Å²) in [7, 11) is 1.56. The summed E-state index contributed by atoms with van der Waals surface area (Å²) < 4.78 is 20.1. The maximum absolute atomic E-state index is 13.2. The average molecular weight is 332 g/mol. The first-order chi connectivity index (χ1) is 11.1. The van der Waals surface area contributed by atoms with E-state index in [0.717, 1.165) is 11.5 Å². The first-order valence-corrected chi connectivity index (χ1v) is 7.57. The van der Waals surface area contributed by atoms with Crippen molar-refractivity contribution in [1.29, 1.82) is 0 Å². The number of benzene rings is 2. The molecule has 0 bridgehead atoms. The Morgan fingerprint density at radius 2 is 2.00 bits per heavy atom. The van der Waals surface area contributed by atoms with Gasteiger partial charge in [-0.05, 0) is 42.5 Å². The Balaban J connectivity index is 1.77. The second-order valence-corrected chi connectivity index (χ2v) is 5.91. The monoisotopic (exact) mass is 332 g/mol. The second kappa shape index (κ2) is 6.21. The number of carbonyl (C=O) groups excluding carboxylic acids is 1. The van der Waals surface area contributed by atoms with E-state index in [2.05, 4.69) is 5.32 Å². The molecule has 0 atom stereocenters. The maximum Gasteiger partial charge on any atom is 0.269 e. The van der Waals surface area contributed by atoms with E-state index >= 15 is 0 Å². The van der Waals surface area contributed by atoms with Crippen molar-refractivity contribution in [3.8, 4) is 5.75 Å². The number of methoxy groups -OCH3 is 1. The Morgan fingerprint density at radius 3 is 2.70 bits per heavy atom. The number of anilines is 1. The molecular weight excluding hydrogens is 319 g/mol. The zero-order valence-corrected chi connectivity index (χ0v) is 13.0. The number of nitrogens with one attached hydrogen (secondary N) is 1. The summed E-state index contributed by atoms with van der Waals surface area (Å²) in [4.78, 5) is 24.2. The van der Waals surface area contributed by atoms with Gasteiger partial charge in [-0.1, -0.05) is 11.5 Å². The summed E-state index contributed by atoms with van der Waals surface area (Å²) in [5.74, 6) is -0.0522. The lowest BCUT2D eigenvalue weighted by molar-refractivity contribution is -0.116. The molecule has 1 heterocycles. The van der Waals surface area contributed by atoms with Crippen LogP contribution >= 0.6 is 11.5 Å². The first-order valence-electron chi connectivity index (χ1n) is 6.80. The molecule has 3 rings (SSSR count). The van der Waals surface area contributed by atoms with Gasteiger partial charge in [0.25, 0.3) is 5.56 Å². The minimum absolute atomic E-state index is 0.119. The van der Waals surface area contributed by atoms with Crippen LogP contribution in [0.25, 0.3) is 10.1 Å². The molecule has 7 heteroatoms. The number of nitrogens with zero attached hydrogens (tertiary/aromatic N) is 1. The highest BCUT2D eigenvalue weighted by Gasteiger charge is 2.11. The molecule has 0 saturated heterocycles. The Bertz CT molecular complexity index is 915. The van der Waals surface area contributed by atoms with Gasteiger partial charge in [0.2, 0.25) is 5.91 Å². The van der Waals surface area contributed by atoms with Crippen LogP contribution in [0.4, 0.5) is 10.1 Å². The van der Waals surface area contributed by atoms with E-state index in [1.165, 1.54) is 22.2 Å². The van der Waals surface area contributed by atoms with Crippen molar-refractivity contribution in [2.24, 2.45) is 0 Å². The zero-order chi connectivity index (χ0) is 16.4. The van der Waals surface area contributed by atoms with Crippen molar-refractivity contribution in [2.75, 3.05) is 12.4 Å². The first kappa shape index (κ1) is 15.2. The van der Waals surface area contributed by atoms with Crippen LogP contribution in [-0.2, 0) is 11.3 Å². The van der Waals surface area contributed by atoms with E-state index in [0.29, 0.717) is 21.5 Å². The normalized spacial score (nSPS) is 10.7. The zero-order valence-electron chi connectivity index (χ0n) is 12.2. The van der Waals surface area contributed by atoms with Crippen LogP contribution < -0.4 is 15.6 Å². The van der Waals surface area contributed by atoms with Crippen LogP contribution in [0.3, 0.4) is 0 Å². The summed E-state index contributed by atoms with van der Waals surface area (Å²) >= 11 is 1.07. The molecule has 0 fully saturated rings. The molecule has 1 aromatic heterocycles. The molecule has 3 aromatic rings. The third-order valence-electron chi connectivity index (χ3n) is 3.27. The fraction of sp³-hybridized carbons (Fsp3) is 0.125. The van der Waals surface area contributed by atoms with Crippen LogP contribution in [0.1, 0.15) is 0 Å². The third-order valence-corrected chi connectivity index (χ3v) is 4.32. The fourth-order valence-electron chi connectivity index (χ4n) is 2.15. The van der Waals surface area contributed by atoms with E-state index in [1.807, 2.05) is 0 Å². The molecule has 0 aliphatic heterocycles. The smallest absolute Gasteiger partial charge is 0.269 e. The molecule has 23 heavy (non-hydrogen) atoms. The van der Waals surface area contributed by atoms with Crippen molar-refractivity contribution in [3.05, 3.63) is 58.6 Å². The van der Waals surface area contributed by atoms with E-state index in [-0.39, 0.29) is 18.0 Å². The molecule has 0 spiro atoms. The van der Waals surface area contributed by atoms with Crippen LogP contribution in [0.2, 0.25) is 0 Å². The van der Waals surface area contributed by atoms with E-state index in [9.17, 15) is 14.0 Å². The molecular formula is C16H13FN2O3S. The van der Waals surface area contributed by atoms with Crippen LogP contribution in [0.15, 0.2) is 47.3 Å². The van der Waals surface area contributed by atoms with Gasteiger partial charge in [0, 0.05) is 5.69 Å². The molecule has 0 aliphatic carbocycles. The minimum Gasteiger partial charge on any atom is -0.497 e. The van der Waals surface area contributed by atoms with Crippen molar-refractivity contribution >= 4 is 33.2 Å². The van der Waals surface area contributed by atoms with Crippen LogP contribution in [-0.4, -0.2) is 17.0 Å². The summed E-state index contributed by atoms with van der Waals surface area (Å²) in [5.41, 5.74) is 0.311. The lowest BCUT2D eigenvalue weighted by Gasteiger charge is -2.06. The highest BCUT2D eigenvalue weighted by atomic mass is 32.1. The predicted octanol–water partition coefficient (Wildman–Crippen LogP) is 2.85. The van der Waals surface area contributed by atoms with E-state index in [1.54, 1.807) is 31.4 Å². The van der Waals surface area contributed by atoms with Crippen LogP contribution in [0.5, 0.6) is 5.75 Å². The summed E-state index contributed by atoms with van der Waals surface area (Å²) in [5, 5.41) is 3.11. The lowest BCUT2D eigenvalue weighted by Crippen LogP contribution is -2.23. The van der Waals surface area contributed by atoms with Gasteiger partial charge in [0.1, 0.15) is 18.1 Å². The SMILES string of the molecule is COc1ccc(NC(=O)Cn2sc3cc(F)ccc3c2=O)cc1. The summed E-state index contributed by atoms with van der Waals surface area (Å²) in [6.07, 6.45) is 0. The number of halogens is 1. The molecule has 0 aliphatic rings. The highest BCUT2D eigenvalue weighted by Crippen LogP contribution is 2.18. The summed E-state index contributed by atoms with van der Waals surface area (Å²) in [6.45, 7) is -0.119. The quantitative estimate of drug-likeness (QED) is 0.799. The second-order valence-electron chi connectivity index (χ2n) is 4.85. The number of hydrogen-bond acceptors (Lipinski definition) is 4. The number of hydrogen-bond donors (Lipinski definition) is 1. The molecule has 0 saturated carbocycles. The van der Waals surface area contributed by atoms with Crippen molar-refractivity contribution < 1.29 is 13.9 Å². The van der Waals surface area contributed by atoms with E-state index < -0.39 is 5.82 Å². The van der Waals surface area contributed by atoms with Crippen molar-refractivity contribution in [2.45, 2.75) is 6.54 Å². The van der Waals surface area contributed by atoms with Gasteiger partial charge in [-0.3, -0.25) is 13.5 Å². The number of carbonyl (C=O) groups is 1. The highest BCUT2D eigenvalue weighted by molar-refractivity contribution is 7.13. The third kappa shape index (κ3) is 3.24. The van der Waals surface area contributed by atoms with Gasteiger partial charge in [0.15, 0.2) is 0 Å². The van der Waals surface area contributed by atoms with Crippen molar-refractivity contribution in [3.63, 3.8) is 0 Å². The number of amides is 1. The number of ether oxygens (including phenoxy) is 1. The molecule has 5 nitrogen and oxygen atoms in total. The predicted molar refractivity (Wildman–Crippen MR) is 87.7 cm³/mol. The van der Waals surface area contributed by atoms with Crippen LogP contribution in [0, 0.1) is 5.82 Å². The van der Waals surface area contributed by atoms with Gasteiger partial charge in [-0.25, -0.2) is 4.39 Å². The Hall–Kier alpha value is -2.67. The Kier molecular flexibility index (Phi) is 4.12. The molecule has 118 valence electrons. The Morgan fingerprint density at radius 1 is 1.26 bits per heavy atom. The topological polar surface area (TPSA) is 60.3 Å². The largest absolute Gasteiger partial charge is 0.497 e. The summed E-state index contributed by atoms with van der Waals surface area (Å²) in [6, 6.07) is 10.8. The molecule has 0 unspecified atom stereocenters. The number of rotatable bonds is 4. The standard InChI is InChI=1S/C16H13FN2O3S/c1-22-12-5-3-11(4-6-12)18-15(20)9-19-16(21)13-7-2-10(17)8-14(13)23-19/h2-8H,9H2,1H3,(H,18,20). The van der Waals surface area contributed by atoms with Crippen molar-refractivity contribution in [1.82, 2.24) is 3.96 Å². The van der Waals surface area contributed by atoms with Gasteiger partial charge in [0.05, 0.1) is 17.2 Å². The van der Waals surface area contributed by atoms with E-state index in [4.69, 9.17) is 4.74 Å². The minimum atomic E-state index is -0.409. The molecule has 2 aromatic carbocycles. The fourth-order valence-corrected chi connectivity index (χ4v) is 3.17. The molecule has 0 radical (unpaired) electrons. The average Bonchev–Trinajstić information content (AvgIpc) is 2.83. The van der Waals surface area contributed by atoms with Gasteiger partial charge < -0.3 is 10.1 Å². The number of aromatic nitrogens is 1. The molecule has 1 N–H and O–H groups in total. The molecule has 1 amide bonds. The maximum atomic E-state index is 13.2. The van der Waals surface area contributed by atoms with Gasteiger partial charge in [-0.2, -0.15) is 0 Å². The Labute approximate surface area is 135 Å². The van der Waals surface area contributed by atoms with Gasteiger partial charge >= 0.3 is 0 Å². The number of fused-ring (bicyclic) bond motifs is 1. The van der Waals surface area contributed by atoms with Gasteiger partial charge in [-0.15, -0.1) is 0 Å². The lowest BCUT2D eigenvalue weighted by atomic mass is 10.3.